The zero-order valence-corrected chi connectivity index (χ0v) is 12.8. The molecule has 1 saturated heterocycles. The fourth-order valence-electron chi connectivity index (χ4n) is 3.18. The van der Waals surface area contributed by atoms with Crippen LogP contribution in [0.1, 0.15) is 30.5 Å². The van der Waals surface area contributed by atoms with Crippen molar-refractivity contribution in [1.29, 1.82) is 0 Å². The molecule has 2 aromatic rings. The first-order valence-corrected chi connectivity index (χ1v) is 7.73. The van der Waals surface area contributed by atoms with Gasteiger partial charge in [-0.15, -0.1) is 0 Å². The monoisotopic (exact) mass is 285 g/mol. The third-order valence-electron chi connectivity index (χ3n) is 4.32. The van der Waals surface area contributed by atoms with Crippen LogP contribution in [0.25, 0.3) is 5.69 Å². The lowest BCUT2D eigenvalue weighted by Crippen LogP contribution is -2.35. The average molecular weight is 285 g/mol. The molecule has 1 aliphatic heterocycles. The number of benzene rings is 1. The summed E-state index contributed by atoms with van der Waals surface area (Å²) in [5.41, 5.74) is 3.25. The topological polar surface area (TPSA) is 39.0 Å². The summed E-state index contributed by atoms with van der Waals surface area (Å²) in [6.07, 6.45) is 6.82. The van der Waals surface area contributed by atoms with Gasteiger partial charge in [0.2, 0.25) is 0 Å². The van der Waals surface area contributed by atoms with Crippen LogP contribution in [0.4, 0.5) is 0 Å². The van der Waals surface area contributed by atoms with E-state index in [0.717, 1.165) is 24.3 Å². The standard InChI is InChI=1S/C17H23N3O/c1-13-12-19(2)17(21)20(13)16-8-6-14(7-9-16)11-15-5-3-4-10-18-15/h6-9,12,15,18H,3-5,10-11H2,1-2H3. The van der Waals surface area contributed by atoms with Crippen LogP contribution in [0, 0.1) is 6.92 Å². The summed E-state index contributed by atoms with van der Waals surface area (Å²) < 4.78 is 3.37. The Balaban J connectivity index is 1.79. The number of rotatable bonds is 3. The smallest absolute Gasteiger partial charge is 0.314 e. The number of hydrogen-bond donors (Lipinski definition) is 1. The largest absolute Gasteiger partial charge is 0.332 e. The van der Waals surface area contributed by atoms with Gasteiger partial charge in [-0.05, 0) is 50.4 Å². The molecule has 0 bridgehead atoms. The molecule has 4 heteroatoms. The summed E-state index contributed by atoms with van der Waals surface area (Å²) >= 11 is 0. The number of piperidine rings is 1. The van der Waals surface area contributed by atoms with Crippen molar-refractivity contribution in [2.24, 2.45) is 7.05 Å². The Morgan fingerprint density at radius 2 is 2.00 bits per heavy atom. The molecule has 4 nitrogen and oxygen atoms in total. The third kappa shape index (κ3) is 2.95. The minimum Gasteiger partial charge on any atom is -0.314 e. The third-order valence-corrected chi connectivity index (χ3v) is 4.32. The van der Waals surface area contributed by atoms with Crippen molar-refractivity contribution < 1.29 is 0 Å². The minimum absolute atomic E-state index is 0.00852. The summed E-state index contributed by atoms with van der Waals surface area (Å²) in [5, 5.41) is 3.58. The molecule has 1 aliphatic rings. The molecule has 3 rings (SSSR count). The van der Waals surface area contributed by atoms with Crippen molar-refractivity contribution in [3.63, 3.8) is 0 Å². The molecule has 21 heavy (non-hydrogen) atoms. The summed E-state index contributed by atoms with van der Waals surface area (Å²) in [5.74, 6) is 0. The lowest BCUT2D eigenvalue weighted by molar-refractivity contribution is 0.399. The number of hydrogen-bond acceptors (Lipinski definition) is 2. The molecule has 1 aromatic heterocycles. The van der Waals surface area contributed by atoms with E-state index < -0.39 is 0 Å². The van der Waals surface area contributed by atoms with Crippen LogP contribution >= 0.6 is 0 Å². The first-order chi connectivity index (χ1) is 10.1. The van der Waals surface area contributed by atoms with E-state index >= 15 is 0 Å². The maximum absolute atomic E-state index is 12.1. The van der Waals surface area contributed by atoms with E-state index in [1.165, 1.54) is 24.8 Å². The highest BCUT2D eigenvalue weighted by atomic mass is 16.1. The van der Waals surface area contributed by atoms with Gasteiger partial charge in [0.25, 0.3) is 0 Å². The van der Waals surface area contributed by atoms with E-state index in [1.807, 2.05) is 25.3 Å². The zero-order chi connectivity index (χ0) is 14.8. The van der Waals surface area contributed by atoms with E-state index in [9.17, 15) is 4.79 Å². The van der Waals surface area contributed by atoms with Crippen LogP contribution in [0.15, 0.2) is 35.3 Å². The highest BCUT2D eigenvalue weighted by Crippen LogP contribution is 2.15. The maximum Gasteiger partial charge on any atom is 0.332 e. The highest BCUT2D eigenvalue weighted by molar-refractivity contribution is 5.36. The van der Waals surface area contributed by atoms with Gasteiger partial charge in [-0.1, -0.05) is 18.6 Å². The van der Waals surface area contributed by atoms with Crippen molar-refractivity contribution in [2.45, 2.75) is 38.6 Å². The van der Waals surface area contributed by atoms with Gasteiger partial charge in [0.05, 0.1) is 5.69 Å². The van der Waals surface area contributed by atoms with Gasteiger partial charge in [-0.2, -0.15) is 0 Å². The molecule has 1 atom stereocenters. The molecule has 1 aromatic carbocycles. The van der Waals surface area contributed by atoms with E-state index in [2.05, 4.69) is 17.4 Å². The minimum atomic E-state index is 0.00852. The van der Waals surface area contributed by atoms with Gasteiger partial charge in [0.1, 0.15) is 0 Å². The first-order valence-electron chi connectivity index (χ1n) is 7.73. The zero-order valence-electron chi connectivity index (χ0n) is 12.8. The maximum atomic E-state index is 12.1. The van der Waals surface area contributed by atoms with E-state index in [-0.39, 0.29) is 5.69 Å². The highest BCUT2D eigenvalue weighted by Gasteiger charge is 2.13. The molecular weight excluding hydrogens is 262 g/mol. The van der Waals surface area contributed by atoms with Crippen LogP contribution in [0.2, 0.25) is 0 Å². The van der Waals surface area contributed by atoms with Crippen molar-refractivity contribution >= 4 is 0 Å². The van der Waals surface area contributed by atoms with Crippen LogP contribution in [-0.4, -0.2) is 21.7 Å². The molecule has 0 amide bonds. The molecule has 1 unspecified atom stereocenters. The fraction of sp³-hybridized carbons (Fsp3) is 0.471. The second-order valence-electron chi connectivity index (χ2n) is 6.02. The fourth-order valence-corrected chi connectivity index (χ4v) is 3.18. The van der Waals surface area contributed by atoms with Crippen molar-refractivity contribution in [3.8, 4) is 5.69 Å². The van der Waals surface area contributed by atoms with Crippen LogP contribution in [0.5, 0.6) is 0 Å². The Morgan fingerprint density at radius 1 is 1.24 bits per heavy atom. The SMILES string of the molecule is Cc1cn(C)c(=O)n1-c1ccc(CC2CCCCN2)cc1. The Morgan fingerprint density at radius 3 is 2.57 bits per heavy atom. The van der Waals surface area contributed by atoms with E-state index in [4.69, 9.17) is 0 Å². The van der Waals surface area contributed by atoms with Crippen LogP contribution in [-0.2, 0) is 13.5 Å². The van der Waals surface area contributed by atoms with Crippen LogP contribution < -0.4 is 11.0 Å². The summed E-state index contributed by atoms with van der Waals surface area (Å²) in [6, 6.07) is 8.99. The predicted octanol–water partition coefficient (Wildman–Crippen LogP) is 2.17. The van der Waals surface area contributed by atoms with Crippen molar-refractivity contribution in [3.05, 3.63) is 52.2 Å². The molecule has 112 valence electrons. The Labute approximate surface area is 125 Å². The van der Waals surface area contributed by atoms with Crippen LogP contribution in [0.3, 0.4) is 0 Å². The van der Waals surface area contributed by atoms with E-state index in [1.54, 1.807) is 16.2 Å². The van der Waals surface area contributed by atoms with Gasteiger partial charge < -0.3 is 9.88 Å². The van der Waals surface area contributed by atoms with Gasteiger partial charge in [0.15, 0.2) is 0 Å². The Kier molecular flexibility index (Phi) is 3.97. The number of imidazole rings is 1. The Hall–Kier alpha value is -1.81. The molecule has 0 saturated carbocycles. The number of nitrogens with one attached hydrogen (secondary N) is 1. The normalized spacial score (nSPS) is 18.9. The van der Waals surface area contributed by atoms with Crippen molar-refractivity contribution in [1.82, 2.24) is 14.5 Å². The number of aromatic nitrogens is 2. The molecule has 1 fully saturated rings. The predicted molar refractivity (Wildman–Crippen MR) is 85.1 cm³/mol. The molecule has 0 aliphatic carbocycles. The quantitative estimate of drug-likeness (QED) is 0.938. The Bertz CT molecular complexity index is 660. The summed E-state index contributed by atoms with van der Waals surface area (Å²) in [7, 11) is 1.79. The second-order valence-corrected chi connectivity index (χ2v) is 6.02. The summed E-state index contributed by atoms with van der Waals surface area (Å²) in [6.45, 7) is 3.10. The van der Waals surface area contributed by atoms with E-state index in [0.29, 0.717) is 6.04 Å². The van der Waals surface area contributed by atoms with Gasteiger partial charge >= 0.3 is 5.69 Å². The molecule has 0 spiro atoms. The lowest BCUT2D eigenvalue weighted by atomic mass is 9.98. The first kappa shape index (κ1) is 14.1. The second kappa shape index (κ2) is 5.90. The number of nitrogens with zero attached hydrogens (tertiary/aromatic N) is 2. The van der Waals surface area contributed by atoms with Gasteiger partial charge in [-0.25, -0.2) is 4.79 Å². The average Bonchev–Trinajstić information content (AvgIpc) is 2.74. The molecule has 1 N–H and O–H groups in total. The number of aryl methyl sites for hydroxylation is 2. The summed E-state index contributed by atoms with van der Waals surface area (Å²) in [4.78, 5) is 12.1. The molecule has 0 radical (unpaired) electrons. The van der Waals surface area contributed by atoms with Gasteiger partial charge in [-0.3, -0.25) is 4.57 Å². The molecular formula is C17H23N3O. The van der Waals surface area contributed by atoms with Gasteiger partial charge in [0, 0.05) is 25.0 Å². The lowest BCUT2D eigenvalue weighted by Gasteiger charge is -2.23. The van der Waals surface area contributed by atoms with Crippen molar-refractivity contribution in [2.75, 3.05) is 6.54 Å². The molecule has 2 heterocycles.